The Kier molecular flexibility index (Phi) is 4.59. The Hall–Kier alpha value is -1.25. The first-order chi connectivity index (χ1) is 7.57. The summed E-state index contributed by atoms with van der Waals surface area (Å²) >= 11 is 0. The van der Waals surface area contributed by atoms with Crippen molar-refractivity contribution in [1.82, 2.24) is 4.98 Å². The average Bonchev–Trinajstić information content (AvgIpc) is 2.28. The van der Waals surface area contributed by atoms with Gasteiger partial charge in [-0.2, -0.15) is 0 Å². The molecule has 0 amide bonds. The second-order valence-electron chi connectivity index (χ2n) is 4.86. The number of hydrogen-bond acceptors (Lipinski definition) is 3. The maximum Gasteiger partial charge on any atom is 0.0547 e. The Labute approximate surface area is 98.7 Å². The van der Waals surface area contributed by atoms with Crippen LogP contribution in [-0.2, 0) is 0 Å². The standard InChI is InChI=1S/C13H23N3/c1-5-13(3,4)10-16-12-7-11(15-6-2)8-14-9-12/h7-9,15-16H,5-6,10H2,1-4H3. The number of rotatable bonds is 6. The van der Waals surface area contributed by atoms with Gasteiger partial charge < -0.3 is 10.6 Å². The zero-order valence-corrected chi connectivity index (χ0v) is 10.8. The van der Waals surface area contributed by atoms with Gasteiger partial charge in [-0.3, -0.25) is 4.98 Å². The molecule has 1 aromatic rings. The molecule has 3 nitrogen and oxygen atoms in total. The highest BCUT2D eigenvalue weighted by atomic mass is 14.9. The molecule has 1 heterocycles. The van der Waals surface area contributed by atoms with E-state index in [-0.39, 0.29) is 0 Å². The Bertz CT molecular complexity index is 321. The lowest BCUT2D eigenvalue weighted by Gasteiger charge is -2.23. The molecular formula is C13H23N3. The van der Waals surface area contributed by atoms with Crippen molar-refractivity contribution < 1.29 is 0 Å². The normalized spacial score (nSPS) is 11.2. The lowest BCUT2D eigenvalue weighted by molar-refractivity contribution is 0.377. The summed E-state index contributed by atoms with van der Waals surface area (Å²) in [5.41, 5.74) is 2.48. The van der Waals surface area contributed by atoms with Crippen molar-refractivity contribution in [3.8, 4) is 0 Å². The third kappa shape index (κ3) is 4.09. The van der Waals surface area contributed by atoms with E-state index in [0.29, 0.717) is 5.41 Å². The van der Waals surface area contributed by atoms with Crippen LogP contribution in [0.3, 0.4) is 0 Å². The summed E-state index contributed by atoms with van der Waals surface area (Å²) in [6.07, 6.45) is 4.88. The van der Waals surface area contributed by atoms with Crippen LogP contribution in [-0.4, -0.2) is 18.1 Å². The van der Waals surface area contributed by atoms with Crippen LogP contribution >= 0.6 is 0 Å². The second-order valence-corrected chi connectivity index (χ2v) is 4.86. The van der Waals surface area contributed by atoms with E-state index >= 15 is 0 Å². The number of hydrogen-bond donors (Lipinski definition) is 2. The summed E-state index contributed by atoms with van der Waals surface area (Å²) in [6, 6.07) is 2.10. The Morgan fingerprint density at radius 3 is 2.31 bits per heavy atom. The van der Waals surface area contributed by atoms with Gasteiger partial charge >= 0.3 is 0 Å². The highest BCUT2D eigenvalue weighted by molar-refractivity contribution is 5.53. The molecule has 1 aromatic heterocycles. The first-order valence-electron chi connectivity index (χ1n) is 6.00. The van der Waals surface area contributed by atoms with Crippen LogP contribution in [0.4, 0.5) is 11.4 Å². The van der Waals surface area contributed by atoms with Gasteiger partial charge in [0.25, 0.3) is 0 Å². The molecule has 0 fully saturated rings. The number of pyridine rings is 1. The van der Waals surface area contributed by atoms with Crippen molar-refractivity contribution in [3.63, 3.8) is 0 Å². The van der Waals surface area contributed by atoms with E-state index < -0.39 is 0 Å². The van der Waals surface area contributed by atoms with Crippen LogP contribution in [0.25, 0.3) is 0 Å². The predicted octanol–water partition coefficient (Wildman–Crippen LogP) is 3.36. The van der Waals surface area contributed by atoms with E-state index in [1.165, 1.54) is 6.42 Å². The highest BCUT2D eigenvalue weighted by Gasteiger charge is 2.14. The second kappa shape index (κ2) is 5.73. The van der Waals surface area contributed by atoms with Crippen molar-refractivity contribution in [2.45, 2.75) is 34.1 Å². The van der Waals surface area contributed by atoms with Crippen molar-refractivity contribution in [1.29, 1.82) is 0 Å². The minimum absolute atomic E-state index is 0.328. The summed E-state index contributed by atoms with van der Waals surface area (Å²) in [7, 11) is 0. The van der Waals surface area contributed by atoms with Crippen LogP contribution < -0.4 is 10.6 Å². The van der Waals surface area contributed by atoms with E-state index in [1.807, 2.05) is 12.4 Å². The number of anilines is 2. The van der Waals surface area contributed by atoms with Crippen molar-refractivity contribution in [2.75, 3.05) is 23.7 Å². The molecule has 3 heteroatoms. The van der Waals surface area contributed by atoms with Crippen LogP contribution in [0.1, 0.15) is 34.1 Å². The number of nitrogens with one attached hydrogen (secondary N) is 2. The summed E-state index contributed by atoms with van der Waals surface area (Å²) < 4.78 is 0. The minimum Gasteiger partial charge on any atom is -0.384 e. The summed E-state index contributed by atoms with van der Waals surface area (Å²) in [5.74, 6) is 0. The molecular weight excluding hydrogens is 198 g/mol. The Morgan fingerprint density at radius 1 is 1.12 bits per heavy atom. The molecule has 0 saturated heterocycles. The Balaban J connectivity index is 2.57. The van der Waals surface area contributed by atoms with Gasteiger partial charge in [-0.05, 0) is 24.8 Å². The quantitative estimate of drug-likeness (QED) is 0.773. The summed E-state index contributed by atoms with van der Waals surface area (Å²) in [4.78, 5) is 4.20. The van der Waals surface area contributed by atoms with E-state index in [0.717, 1.165) is 24.5 Å². The van der Waals surface area contributed by atoms with Crippen molar-refractivity contribution >= 4 is 11.4 Å². The molecule has 0 radical (unpaired) electrons. The molecule has 90 valence electrons. The molecule has 0 unspecified atom stereocenters. The predicted molar refractivity (Wildman–Crippen MR) is 71.0 cm³/mol. The summed E-state index contributed by atoms with van der Waals surface area (Å²) in [5, 5.41) is 6.69. The lowest BCUT2D eigenvalue weighted by Crippen LogP contribution is -2.22. The van der Waals surface area contributed by atoms with Crippen molar-refractivity contribution in [2.24, 2.45) is 5.41 Å². The SMILES string of the molecule is CCNc1cncc(NCC(C)(C)CC)c1. The molecule has 0 spiro atoms. The highest BCUT2D eigenvalue weighted by Crippen LogP contribution is 2.21. The molecule has 1 rings (SSSR count). The fraction of sp³-hybridized carbons (Fsp3) is 0.615. The molecule has 0 aliphatic carbocycles. The van der Waals surface area contributed by atoms with Gasteiger partial charge in [0.2, 0.25) is 0 Å². The summed E-state index contributed by atoms with van der Waals surface area (Å²) in [6.45, 7) is 10.7. The number of nitrogens with zero attached hydrogens (tertiary/aromatic N) is 1. The van der Waals surface area contributed by atoms with Crippen LogP contribution in [0, 0.1) is 5.41 Å². The maximum absolute atomic E-state index is 4.20. The van der Waals surface area contributed by atoms with E-state index in [9.17, 15) is 0 Å². The van der Waals surface area contributed by atoms with Crippen LogP contribution in [0.2, 0.25) is 0 Å². The van der Waals surface area contributed by atoms with Gasteiger partial charge in [-0.1, -0.05) is 20.8 Å². The molecule has 0 atom stereocenters. The minimum atomic E-state index is 0.328. The molecule has 0 saturated carbocycles. The van der Waals surface area contributed by atoms with Gasteiger partial charge in [0.05, 0.1) is 23.8 Å². The van der Waals surface area contributed by atoms with Crippen LogP contribution in [0.5, 0.6) is 0 Å². The monoisotopic (exact) mass is 221 g/mol. The fourth-order valence-electron chi connectivity index (χ4n) is 1.30. The first kappa shape index (κ1) is 12.8. The van der Waals surface area contributed by atoms with Gasteiger partial charge in [0.15, 0.2) is 0 Å². The maximum atomic E-state index is 4.20. The molecule has 0 aliphatic rings. The smallest absolute Gasteiger partial charge is 0.0547 e. The lowest BCUT2D eigenvalue weighted by atomic mass is 9.90. The molecule has 0 bridgehead atoms. The van der Waals surface area contributed by atoms with Crippen LogP contribution in [0.15, 0.2) is 18.5 Å². The molecule has 0 aliphatic heterocycles. The fourth-order valence-corrected chi connectivity index (χ4v) is 1.30. The molecule has 2 N–H and O–H groups in total. The number of aromatic nitrogens is 1. The van der Waals surface area contributed by atoms with Gasteiger partial charge in [-0.15, -0.1) is 0 Å². The zero-order valence-electron chi connectivity index (χ0n) is 10.8. The van der Waals surface area contributed by atoms with E-state index in [4.69, 9.17) is 0 Å². The molecule has 16 heavy (non-hydrogen) atoms. The topological polar surface area (TPSA) is 37.0 Å². The van der Waals surface area contributed by atoms with Crippen molar-refractivity contribution in [3.05, 3.63) is 18.5 Å². The first-order valence-corrected chi connectivity index (χ1v) is 6.00. The van der Waals surface area contributed by atoms with E-state index in [2.05, 4.69) is 49.4 Å². The molecule has 0 aromatic carbocycles. The largest absolute Gasteiger partial charge is 0.384 e. The van der Waals surface area contributed by atoms with Gasteiger partial charge in [0, 0.05) is 13.1 Å². The zero-order chi connectivity index (χ0) is 12.0. The van der Waals surface area contributed by atoms with E-state index in [1.54, 1.807) is 0 Å². The third-order valence-corrected chi connectivity index (χ3v) is 2.85. The average molecular weight is 221 g/mol. The van der Waals surface area contributed by atoms with Gasteiger partial charge in [0.1, 0.15) is 0 Å². The van der Waals surface area contributed by atoms with Gasteiger partial charge in [-0.25, -0.2) is 0 Å². The third-order valence-electron chi connectivity index (χ3n) is 2.85. The Morgan fingerprint density at radius 2 is 1.75 bits per heavy atom.